The van der Waals surface area contributed by atoms with Gasteiger partial charge in [0, 0.05) is 18.0 Å². The summed E-state index contributed by atoms with van der Waals surface area (Å²) in [5.41, 5.74) is 1.89. The predicted octanol–water partition coefficient (Wildman–Crippen LogP) is 2.89. The van der Waals surface area contributed by atoms with Gasteiger partial charge in [-0.15, -0.1) is 0 Å². The zero-order valence-corrected chi connectivity index (χ0v) is 11.3. The molecule has 2 aromatic heterocycles. The molecule has 3 aromatic rings. The van der Waals surface area contributed by atoms with Gasteiger partial charge in [0.1, 0.15) is 10.4 Å². The molecule has 94 valence electrons. The first-order chi connectivity index (χ1) is 9.33. The van der Waals surface area contributed by atoms with Crippen LogP contribution < -0.4 is 9.47 Å². The Morgan fingerprint density at radius 3 is 3.05 bits per heavy atom. The van der Waals surface area contributed by atoms with Gasteiger partial charge in [-0.2, -0.15) is 0 Å². The molecule has 0 radical (unpaired) electrons. The molecule has 0 saturated heterocycles. The average molecular weight is 318 g/mol. The maximum atomic E-state index is 5.40. The molecule has 4 rings (SSSR count). The molecule has 1 aliphatic rings. The summed E-state index contributed by atoms with van der Waals surface area (Å²) in [4.78, 5) is 8.63. The fraction of sp³-hybridized carbons (Fsp3) is 0.0769. The number of hydrogen-bond donors (Lipinski definition) is 0. The van der Waals surface area contributed by atoms with Gasteiger partial charge in [-0.25, -0.2) is 4.98 Å². The number of rotatable bonds is 1. The second-order valence-corrected chi connectivity index (χ2v) is 4.88. The van der Waals surface area contributed by atoms with Crippen LogP contribution in [0.1, 0.15) is 0 Å². The van der Waals surface area contributed by atoms with Crippen LogP contribution in [0.25, 0.3) is 16.9 Å². The number of ether oxygens (including phenoxy) is 2. The summed E-state index contributed by atoms with van der Waals surface area (Å²) in [6, 6.07) is 5.80. The minimum absolute atomic E-state index is 0.273. The molecular weight excluding hydrogens is 310 g/mol. The largest absolute Gasteiger partial charge is 0.454 e. The number of nitrogens with zero attached hydrogens (tertiary/aromatic N) is 3. The highest BCUT2D eigenvalue weighted by molar-refractivity contribution is 9.10. The Morgan fingerprint density at radius 2 is 2.11 bits per heavy atom. The van der Waals surface area contributed by atoms with E-state index in [-0.39, 0.29) is 6.79 Å². The van der Waals surface area contributed by atoms with E-state index in [9.17, 15) is 0 Å². The second-order valence-electron chi connectivity index (χ2n) is 4.13. The van der Waals surface area contributed by atoms with E-state index in [0.717, 1.165) is 33.0 Å². The van der Waals surface area contributed by atoms with Crippen molar-refractivity contribution in [3.05, 3.63) is 41.4 Å². The van der Waals surface area contributed by atoms with Crippen LogP contribution in [0.4, 0.5) is 0 Å². The highest BCUT2D eigenvalue weighted by Gasteiger charge is 2.17. The van der Waals surface area contributed by atoms with Crippen LogP contribution in [0, 0.1) is 0 Å². The van der Waals surface area contributed by atoms with Gasteiger partial charge in [0.25, 0.3) is 0 Å². The molecule has 3 heterocycles. The van der Waals surface area contributed by atoms with E-state index in [1.54, 1.807) is 12.4 Å². The van der Waals surface area contributed by atoms with E-state index in [0.29, 0.717) is 0 Å². The minimum Gasteiger partial charge on any atom is -0.454 e. The van der Waals surface area contributed by atoms with Crippen LogP contribution >= 0.6 is 15.9 Å². The van der Waals surface area contributed by atoms with Gasteiger partial charge in [-0.05, 0) is 34.1 Å². The first-order valence-electron chi connectivity index (χ1n) is 5.70. The molecule has 1 aliphatic heterocycles. The summed E-state index contributed by atoms with van der Waals surface area (Å²) in [6.45, 7) is 0.273. The molecule has 0 spiro atoms. The Bertz CT molecular complexity index is 785. The quantitative estimate of drug-likeness (QED) is 0.692. The zero-order chi connectivity index (χ0) is 12.8. The molecule has 0 unspecified atom stereocenters. The highest BCUT2D eigenvalue weighted by atomic mass is 79.9. The lowest BCUT2D eigenvalue weighted by atomic mass is 10.2. The van der Waals surface area contributed by atoms with Crippen molar-refractivity contribution in [2.45, 2.75) is 0 Å². The van der Waals surface area contributed by atoms with Crippen molar-refractivity contribution in [2.24, 2.45) is 0 Å². The number of halogens is 1. The third kappa shape index (κ3) is 1.60. The van der Waals surface area contributed by atoms with Crippen LogP contribution in [0.5, 0.6) is 11.5 Å². The Morgan fingerprint density at radius 1 is 1.21 bits per heavy atom. The lowest BCUT2D eigenvalue weighted by Gasteiger charge is -2.02. The van der Waals surface area contributed by atoms with Gasteiger partial charge < -0.3 is 9.47 Å². The molecule has 0 aliphatic carbocycles. The highest BCUT2D eigenvalue weighted by Crippen LogP contribution is 2.36. The van der Waals surface area contributed by atoms with E-state index in [1.807, 2.05) is 28.8 Å². The summed E-state index contributed by atoms with van der Waals surface area (Å²) >= 11 is 3.45. The van der Waals surface area contributed by atoms with Crippen LogP contribution in [0.3, 0.4) is 0 Å². The Kier molecular flexibility index (Phi) is 2.25. The third-order valence-electron chi connectivity index (χ3n) is 3.03. The standard InChI is InChI=1S/C13H8BrN3O2/c14-12-9-6-15-3-4-17(9)13(16-12)8-1-2-10-11(5-8)19-7-18-10/h1-6H,7H2. The van der Waals surface area contributed by atoms with Crippen LogP contribution in [0.15, 0.2) is 41.4 Å². The third-order valence-corrected chi connectivity index (χ3v) is 3.62. The molecule has 0 bridgehead atoms. The molecule has 6 heteroatoms. The maximum absolute atomic E-state index is 5.40. The fourth-order valence-corrected chi connectivity index (χ4v) is 2.60. The van der Waals surface area contributed by atoms with Gasteiger partial charge in [0.05, 0.1) is 11.7 Å². The van der Waals surface area contributed by atoms with E-state index in [2.05, 4.69) is 25.9 Å². The van der Waals surface area contributed by atoms with Crippen LogP contribution in [-0.2, 0) is 0 Å². The zero-order valence-electron chi connectivity index (χ0n) is 9.71. The summed E-state index contributed by atoms with van der Waals surface area (Å²) in [5, 5.41) is 0. The van der Waals surface area contributed by atoms with Gasteiger partial charge in [0.2, 0.25) is 6.79 Å². The van der Waals surface area contributed by atoms with Gasteiger partial charge in [-0.1, -0.05) is 0 Å². The number of fused-ring (bicyclic) bond motifs is 2. The maximum Gasteiger partial charge on any atom is 0.231 e. The number of hydrogen-bond acceptors (Lipinski definition) is 4. The van der Waals surface area contributed by atoms with Crippen molar-refractivity contribution in [3.63, 3.8) is 0 Å². The normalized spacial score (nSPS) is 13.1. The van der Waals surface area contributed by atoms with Crippen molar-refractivity contribution in [1.29, 1.82) is 0 Å². The average Bonchev–Trinajstić information content (AvgIpc) is 3.03. The van der Waals surface area contributed by atoms with Crippen molar-refractivity contribution < 1.29 is 9.47 Å². The molecule has 0 amide bonds. The van der Waals surface area contributed by atoms with Gasteiger partial charge in [0.15, 0.2) is 11.5 Å². The monoisotopic (exact) mass is 317 g/mol. The van der Waals surface area contributed by atoms with E-state index < -0.39 is 0 Å². The fourth-order valence-electron chi connectivity index (χ4n) is 2.14. The number of aromatic nitrogens is 3. The molecule has 19 heavy (non-hydrogen) atoms. The van der Waals surface area contributed by atoms with Crippen LogP contribution in [0.2, 0.25) is 0 Å². The number of imidazole rings is 1. The summed E-state index contributed by atoms with van der Waals surface area (Å²) in [5.74, 6) is 2.35. The summed E-state index contributed by atoms with van der Waals surface area (Å²) in [7, 11) is 0. The lowest BCUT2D eigenvalue weighted by molar-refractivity contribution is 0.174. The van der Waals surface area contributed by atoms with E-state index in [1.165, 1.54) is 0 Å². The van der Waals surface area contributed by atoms with Gasteiger partial charge in [-0.3, -0.25) is 9.38 Å². The van der Waals surface area contributed by atoms with E-state index in [4.69, 9.17) is 9.47 Å². The van der Waals surface area contributed by atoms with Gasteiger partial charge >= 0.3 is 0 Å². The Balaban J connectivity index is 1.95. The first-order valence-corrected chi connectivity index (χ1v) is 6.50. The Labute approximate surface area is 116 Å². The smallest absolute Gasteiger partial charge is 0.231 e. The molecule has 0 N–H and O–H groups in total. The van der Waals surface area contributed by atoms with Crippen molar-refractivity contribution in [1.82, 2.24) is 14.4 Å². The summed E-state index contributed by atoms with van der Waals surface area (Å²) < 4.78 is 13.5. The van der Waals surface area contributed by atoms with Crippen LogP contribution in [-0.4, -0.2) is 21.2 Å². The van der Waals surface area contributed by atoms with Crippen molar-refractivity contribution in [2.75, 3.05) is 6.79 Å². The molecule has 0 fully saturated rings. The minimum atomic E-state index is 0.273. The predicted molar refractivity (Wildman–Crippen MR) is 72.2 cm³/mol. The second kappa shape index (κ2) is 3.96. The van der Waals surface area contributed by atoms with Crippen molar-refractivity contribution in [3.8, 4) is 22.9 Å². The molecule has 0 atom stereocenters. The Hall–Kier alpha value is -2.08. The van der Waals surface area contributed by atoms with E-state index >= 15 is 0 Å². The SMILES string of the molecule is Brc1nc(-c2ccc3c(c2)OCO3)n2ccncc12. The molecule has 5 nitrogen and oxygen atoms in total. The topological polar surface area (TPSA) is 48.7 Å². The summed E-state index contributed by atoms with van der Waals surface area (Å²) in [6.07, 6.45) is 5.39. The first kappa shape index (κ1) is 10.8. The van der Waals surface area contributed by atoms with Crippen molar-refractivity contribution >= 4 is 21.4 Å². The molecular formula is C13H8BrN3O2. The lowest BCUT2D eigenvalue weighted by Crippen LogP contribution is -1.93. The molecule has 0 saturated carbocycles. The molecule has 1 aromatic carbocycles. The number of benzene rings is 1.